The molecule has 2 fully saturated rings. The highest BCUT2D eigenvalue weighted by atomic mass is 16.4. The van der Waals surface area contributed by atoms with Crippen LogP contribution in [-0.2, 0) is 4.79 Å². The van der Waals surface area contributed by atoms with E-state index < -0.39 is 18.6 Å². The van der Waals surface area contributed by atoms with Gasteiger partial charge in [0.2, 0.25) is 0 Å². The number of hydrogen-bond acceptors (Lipinski definition) is 3. The molecule has 0 aromatic carbocycles. The number of nitrogens with zero attached hydrogens (tertiary/aromatic N) is 1. The zero-order chi connectivity index (χ0) is 13.1. The van der Waals surface area contributed by atoms with Gasteiger partial charge in [0, 0.05) is 12.6 Å². The Kier molecular flexibility index (Phi) is 4.06. The van der Waals surface area contributed by atoms with Crippen LogP contribution in [0.1, 0.15) is 32.1 Å². The third-order valence-corrected chi connectivity index (χ3v) is 4.03. The predicted octanol–water partition coefficient (Wildman–Crippen LogP) is 0.406. The highest BCUT2D eigenvalue weighted by molar-refractivity contribution is 5.82. The number of carboxylic acids is 1. The summed E-state index contributed by atoms with van der Waals surface area (Å²) in [6.45, 7) is 0.105. The Morgan fingerprint density at radius 2 is 2.00 bits per heavy atom. The molecular formula is C12H20N2O4. The first kappa shape index (κ1) is 13.1. The zero-order valence-electron chi connectivity index (χ0n) is 10.3. The number of likely N-dealkylation sites (tertiary alicyclic amines) is 1. The Morgan fingerprint density at radius 3 is 2.67 bits per heavy atom. The minimum atomic E-state index is -1.21. The molecule has 6 heteroatoms. The standard InChI is InChI=1S/C12H20N2O4/c15-7-9(11(16)17)13-12(18)14-6-2-4-8-3-1-5-10(8)14/h8-10,15H,1-7H2,(H,13,18)(H,16,17)/t8?,9-,10?/m0/s1. The number of fused-ring (bicyclic) bond motifs is 1. The second-order valence-corrected chi connectivity index (χ2v) is 5.12. The van der Waals surface area contributed by atoms with Gasteiger partial charge in [-0.15, -0.1) is 0 Å². The van der Waals surface area contributed by atoms with E-state index in [1.165, 1.54) is 0 Å². The van der Waals surface area contributed by atoms with Gasteiger partial charge in [-0.1, -0.05) is 6.42 Å². The van der Waals surface area contributed by atoms with Crippen LogP contribution in [0.25, 0.3) is 0 Å². The van der Waals surface area contributed by atoms with Gasteiger partial charge in [-0.05, 0) is 31.6 Å². The van der Waals surface area contributed by atoms with E-state index in [9.17, 15) is 9.59 Å². The summed E-state index contributed by atoms with van der Waals surface area (Å²) >= 11 is 0. The summed E-state index contributed by atoms with van der Waals surface area (Å²) in [4.78, 5) is 24.6. The van der Waals surface area contributed by atoms with E-state index in [4.69, 9.17) is 10.2 Å². The van der Waals surface area contributed by atoms with Gasteiger partial charge < -0.3 is 20.4 Å². The van der Waals surface area contributed by atoms with Crippen LogP contribution >= 0.6 is 0 Å². The molecule has 2 unspecified atom stereocenters. The molecule has 0 radical (unpaired) electrons. The van der Waals surface area contributed by atoms with E-state index in [1.54, 1.807) is 4.90 Å². The number of rotatable bonds is 3. The maximum absolute atomic E-state index is 12.1. The molecule has 0 aromatic rings. The molecule has 0 spiro atoms. The van der Waals surface area contributed by atoms with Crippen LogP contribution in [0.5, 0.6) is 0 Å². The molecule has 1 aliphatic carbocycles. The topological polar surface area (TPSA) is 89.9 Å². The lowest BCUT2D eigenvalue weighted by atomic mass is 9.92. The van der Waals surface area contributed by atoms with Crippen molar-refractivity contribution in [3.63, 3.8) is 0 Å². The molecule has 2 rings (SSSR count). The summed E-state index contributed by atoms with van der Waals surface area (Å²) in [6, 6.07) is -1.31. The van der Waals surface area contributed by atoms with E-state index in [1.807, 2.05) is 0 Å². The van der Waals surface area contributed by atoms with Crippen LogP contribution in [0.4, 0.5) is 4.79 Å². The third kappa shape index (κ3) is 2.58. The number of urea groups is 1. The number of carboxylic acid groups (broad SMARTS) is 1. The zero-order valence-corrected chi connectivity index (χ0v) is 10.3. The number of nitrogens with one attached hydrogen (secondary N) is 1. The van der Waals surface area contributed by atoms with Crippen molar-refractivity contribution in [1.82, 2.24) is 10.2 Å². The summed E-state index contributed by atoms with van der Waals surface area (Å²) in [5, 5.41) is 20.1. The van der Waals surface area contributed by atoms with Crippen molar-refractivity contribution < 1.29 is 19.8 Å². The van der Waals surface area contributed by atoms with E-state index in [0.29, 0.717) is 12.5 Å². The van der Waals surface area contributed by atoms with Crippen LogP contribution in [0.2, 0.25) is 0 Å². The number of amides is 2. The Bertz CT molecular complexity index is 334. The second-order valence-electron chi connectivity index (χ2n) is 5.12. The molecule has 1 saturated heterocycles. The van der Waals surface area contributed by atoms with Crippen molar-refractivity contribution in [2.45, 2.75) is 44.2 Å². The van der Waals surface area contributed by atoms with Crippen molar-refractivity contribution in [3.05, 3.63) is 0 Å². The van der Waals surface area contributed by atoms with Gasteiger partial charge in [-0.25, -0.2) is 9.59 Å². The van der Waals surface area contributed by atoms with Gasteiger partial charge in [0.25, 0.3) is 0 Å². The fraction of sp³-hybridized carbons (Fsp3) is 0.833. The summed E-state index contributed by atoms with van der Waals surface area (Å²) in [7, 11) is 0. The van der Waals surface area contributed by atoms with Crippen LogP contribution in [-0.4, -0.2) is 52.3 Å². The minimum Gasteiger partial charge on any atom is -0.480 e. The first-order valence-corrected chi connectivity index (χ1v) is 6.54. The van der Waals surface area contributed by atoms with E-state index in [0.717, 1.165) is 32.1 Å². The molecule has 2 aliphatic rings. The minimum absolute atomic E-state index is 0.256. The molecule has 1 heterocycles. The van der Waals surface area contributed by atoms with Crippen LogP contribution in [0.15, 0.2) is 0 Å². The normalized spacial score (nSPS) is 28.6. The molecule has 1 aliphatic heterocycles. The van der Waals surface area contributed by atoms with Crippen molar-refractivity contribution in [1.29, 1.82) is 0 Å². The average Bonchev–Trinajstić information content (AvgIpc) is 2.82. The summed E-state index contributed by atoms with van der Waals surface area (Å²) in [5.74, 6) is -0.632. The van der Waals surface area contributed by atoms with Crippen molar-refractivity contribution >= 4 is 12.0 Å². The number of carbonyl (C=O) groups excluding carboxylic acids is 1. The number of piperidine rings is 1. The SMILES string of the molecule is O=C(O)[C@H](CO)NC(=O)N1CCCC2CCCC21. The highest BCUT2D eigenvalue weighted by Crippen LogP contribution is 2.36. The summed E-state index contributed by atoms with van der Waals surface area (Å²) in [5.41, 5.74) is 0. The van der Waals surface area contributed by atoms with E-state index in [2.05, 4.69) is 5.32 Å². The molecule has 0 aromatic heterocycles. The van der Waals surface area contributed by atoms with E-state index >= 15 is 0 Å². The molecule has 102 valence electrons. The van der Waals surface area contributed by atoms with E-state index in [-0.39, 0.29) is 12.1 Å². The molecule has 6 nitrogen and oxygen atoms in total. The summed E-state index contributed by atoms with van der Waals surface area (Å²) < 4.78 is 0. The van der Waals surface area contributed by atoms with Gasteiger partial charge in [0.15, 0.2) is 6.04 Å². The fourth-order valence-corrected chi connectivity index (χ4v) is 3.12. The molecular weight excluding hydrogens is 236 g/mol. The second kappa shape index (κ2) is 5.56. The van der Waals surface area contributed by atoms with Gasteiger partial charge in [-0.3, -0.25) is 0 Å². The van der Waals surface area contributed by atoms with Gasteiger partial charge in [-0.2, -0.15) is 0 Å². The number of hydrogen-bond donors (Lipinski definition) is 3. The third-order valence-electron chi connectivity index (χ3n) is 4.03. The smallest absolute Gasteiger partial charge is 0.328 e. The monoisotopic (exact) mass is 256 g/mol. The van der Waals surface area contributed by atoms with Crippen LogP contribution in [0.3, 0.4) is 0 Å². The lowest BCUT2D eigenvalue weighted by Crippen LogP contribution is -2.55. The Balaban J connectivity index is 1.97. The first-order valence-electron chi connectivity index (χ1n) is 6.54. The molecule has 18 heavy (non-hydrogen) atoms. The number of aliphatic hydroxyl groups excluding tert-OH is 1. The molecule has 0 bridgehead atoms. The molecule has 3 atom stereocenters. The average molecular weight is 256 g/mol. The highest BCUT2D eigenvalue weighted by Gasteiger charge is 2.38. The molecule has 3 N–H and O–H groups in total. The number of carbonyl (C=O) groups is 2. The van der Waals surface area contributed by atoms with Crippen LogP contribution in [0, 0.1) is 5.92 Å². The first-order chi connectivity index (χ1) is 8.63. The van der Waals surface area contributed by atoms with Crippen LogP contribution < -0.4 is 5.32 Å². The lowest BCUT2D eigenvalue weighted by molar-refractivity contribution is -0.140. The predicted molar refractivity (Wildman–Crippen MR) is 64.1 cm³/mol. The van der Waals surface area contributed by atoms with Gasteiger partial charge >= 0.3 is 12.0 Å². The Labute approximate surface area is 106 Å². The lowest BCUT2D eigenvalue weighted by Gasteiger charge is -2.38. The number of aliphatic hydroxyl groups is 1. The maximum atomic E-state index is 12.1. The largest absolute Gasteiger partial charge is 0.480 e. The Morgan fingerprint density at radius 1 is 1.28 bits per heavy atom. The Hall–Kier alpha value is -1.30. The van der Waals surface area contributed by atoms with Gasteiger partial charge in [0.05, 0.1) is 6.61 Å². The van der Waals surface area contributed by atoms with Crippen molar-refractivity contribution in [2.75, 3.05) is 13.2 Å². The number of aliphatic carboxylic acids is 1. The maximum Gasteiger partial charge on any atom is 0.328 e. The van der Waals surface area contributed by atoms with Crippen molar-refractivity contribution in [3.8, 4) is 0 Å². The summed E-state index contributed by atoms with van der Waals surface area (Å²) in [6.07, 6.45) is 5.45. The fourth-order valence-electron chi connectivity index (χ4n) is 3.12. The molecule has 2 amide bonds. The quantitative estimate of drug-likeness (QED) is 0.682. The van der Waals surface area contributed by atoms with Crippen molar-refractivity contribution in [2.24, 2.45) is 5.92 Å². The van der Waals surface area contributed by atoms with Gasteiger partial charge in [0.1, 0.15) is 0 Å². The molecule has 1 saturated carbocycles.